The summed E-state index contributed by atoms with van der Waals surface area (Å²) in [4.78, 5) is 26.1. The summed E-state index contributed by atoms with van der Waals surface area (Å²) in [5.41, 5.74) is 8.50. The molecule has 23 heavy (non-hydrogen) atoms. The Labute approximate surface area is 135 Å². The molecule has 4 nitrogen and oxygen atoms in total. The van der Waals surface area contributed by atoms with E-state index in [0.717, 1.165) is 18.4 Å². The van der Waals surface area contributed by atoms with Gasteiger partial charge in [0.05, 0.1) is 0 Å². The maximum atomic E-state index is 12.8. The van der Waals surface area contributed by atoms with Crippen molar-refractivity contribution in [2.75, 3.05) is 0 Å². The van der Waals surface area contributed by atoms with Crippen LogP contribution in [0.4, 0.5) is 0 Å². The Hall–Kier alpha value is -2.62. The van der Waals surface area contributed by atoms with Gasteiger partial charge >= 0.3 is 0 Å². The van der Waals surface area contributed by atoms with Crippen molar-refractivity contribution in [2.45, 2.75) is 32.4 Å². The van der Waals surface area contributed by atoms with Gasteiger partial charge in [-0.15, -0.1) is 0 Å². The molecular weight excluding hydrogens is 288 g/mol. The Morgan fingerprint density at radius 1 is 1.09 bits per heavy atom. The second kappa shape index (κ2) is 6.24. The number of carbonyl (C=O) groups excluding carboxylic acids is 2. The fourth-order valence-electron chi connectivity index (χ4n) is 2.61. The van der Waals surface area contributed by atoms with Gasteiger partial charge in [0.1, 0.15) is 0 Å². The van der Waals surface area contributed by atoms with E-state index in [1.807, 2.05) is 11.8 Å². The Kier molecular flexibility index (Phi) is 4.15. The molecular formula is C19H20N2O2. The lowest BCUT2D eigenvalue weighted by Crippen LogP contribution is -2.32. The van der Waals surface area contributed by atoms with Crippen LogP contribution in [0.2, 0.25) is 0 Å². The average Bonchev–Trinajstić information content (AvgIpc) is 3.38. The highest BCUT2D eigenvalue weighted by molar-refractivity contribution is 5.99. The topological polar surface area (TPSA) is 63.4 Å². The normalized spacial score (nSPS) is 13.6. The van der Waals surface area contributed by atoms with E-state index in [4.69, 9.17) is 5.73 Å². The number of carbonyl (C=O) groups is 2. The first-order chi connectivity index (χ1) is 11.0. The number of amides is 2. The van der Waals surface area contributed by atoms with Crippen molar-refractivity contribution in [3.8, 4) is 0 Å². The van der Waals surface area contributed by atoms with Crippen LogP contribution < -0.4 is 5.73 Å². The predicted molar refractivity (Wildman–Crippen MR) is 89.0 cm³/mol. The summed E-state index contributed by atoms with van der Waals surface area (Å²) in [5.74, 6) is -0.563. The van der Waals surface area contributed by atoms with E-state index in [1.54, 1.807) is 24.3 Å². The minimum absolute atomic E-state index is 0.0452. The third kappa shape index (κ3) is 3.59. The third-order valence-corrected chi connectivity index (χ3v) is 4.12. The standard InChI is InChI=1S/C19H20N2O2/c1-13-5-7-14(8-6-13)12-21(17-9-10-17)19(23)16-4-2-3-15(11-16)18(20)22/h2-8,11,17H,9-10,12H2,1H3,(H2,20,22). The molecule has 0 radical (unpaired) electrons. The fraction of sp³-hybridized carbons (Fsp3) is 0.263. The molecule has 3 rings (SSSR count). The summed E-state index contributed by atoms with van der Waals surface area (Å²) in [6, 6.07) is 15.1. The molecule has 1 fully saturated rings. The molecule has 0 bridgehead atoms. The Balaban J connectivity index is 1.83. The zero-order chi connectivity index (χ0) is 16.4. The highest BCUT2D eigenvalue weighted by Crippen LogP contribution is 2.30. The van der Waals surface area contributed by atoms with E-state index < -0.39 is 5.91 Å². The van der Waals surface area contributed by atoms with Crippen molar-refractivity contribution in [3.05, 3.63) is 70.8 Å². The molecule has 0 heterocycles. The molecule has 0 unspecified atom stereocenters. The van der Waals surface area contributed by atoms with Crippen molar-refractivity contribution in [1.82, 2.24) is 4.90 Å². The van der Waals surface area contributed by atoms with Gasteiger partial charge in [0.2, 0.25) is 5.91 Å². The van der Waals surface area contributed by atoms with E-state index in [2.05, 4.69) is 24.3 Å². The lowest BCUT2D eigenvalue weighted by Gasteiger charge is -2.23. The van der Waals surface area contributed by atoms with E-state index in [-0.39, 0.29) is 5.91 Å². The van der Waals surface area contributed by atoms with Crippen LogP contribution in [0.15, 0.2) is 48.5 Å². The molecule has 0 atom stereocenters. The van der Waals surface area contributed by atoms with Gasteiger partial charge in [-0.3, -0.25) is 9.59 Å². The quantitative estimate of drug-likeness (QED) is 0.923. The molecule has 0 spiro atoms. The number of benzene rings is 2. The molecule has 1 aliphatic rings. The number of hydrogen-bond acceptors (Lipinski definition) is 2. The van der Waals surface area contributed by atoms with Gasteiger partial charge in [-0.1, -0.05) is 35.9 Å². The monoisotopic (exact) mass is 308 g/mol. The van der Waals surface area contributed by atoms with Gasteiger partial charge in [0.15, 0.2) is 0 Å². The van der Waals surface area contributed by atoms with Crippen LogP contribution in [0.25, 0.3) is 0 Å². The van der Waals surface area contributed by atoms with Crippen LogP contribution in [0, 0.1) is 6.92 Å². The summed E-state index contributed by atoms with van der Waals surface area (Å²) < 4.78 is 0. The molecule has 1 aliphatic carbocycles. The van der Waals surface area contributed by atoms with E-state index in [9.17, 15) is 9.59 Å². The van der Waals surface area contributed by atoms with Gasteiger partial charge in [-0.05, 0) is 43.5 Å². The maximum absolute atomic E-state index is 12.8. The van der Waals surface area contributed by atoms with Gasteiger partial charge < -0.3 is 10.6 Å². The number of aryl methyl sites for hydroxylation is 1. The smallest absolute Gasteiger partial charge is 0.254 e. The first kappa shape index (κ1) is 15.3. The maximum Gasteiger partial charge on any atom is 0.254 e. The van der Waals surface area contributed by atoms with Crippen LogP contribution in [-0.4, -0.2) is 22.8 Å². The molecule has 4 heteroatoms. The number of primary amides is 1. The van der Waals surface area contributed by atoms with Gasteiger partial charge in [-0.25, -0.2) is 0 Å². The van der Waals surface area contributed by atoms with E-state index in [0.29, 0.717) is 23.7 Å². The number of rotatable bonds is 5. The zero-order valence-electron chi connectivity index (χ0n) is 13.2. The first-order valence-corrected chi connectivity index (χ1v) is 7.81. The van der Waals surface area contributed by atoms with Crippen molar-refractivity contribution in [1.29, 1.82) is 0 Å². The van der Waals surface area contributed by atoms with Gasteiger partial charge in [0.25, 0.3) is 5.91 Å². The lowest BCUT2D eigenvalue weighted by atomic mass is 10.1. The van der Waals surface area contributed by atoms with Crippen molar-refractivity contribution in [2.24, 2.45) is 5.73 Å². The molecule has 0 aromatic heterocycles. The number of nitrogens with zero attached hydrogens (tertiary/aromatic N) is 1. The molecule has 0 aliphatic heterocycles. The molecule has 118 valence electrons. The molecule has 0 saturated heterocycles. The summed E-state index contributed by atoms with van der Waals surface area (Å²) in [6.45, 7) is 2.63. The van der Waals surface area contributed by atoms with Gasteiger partial charge in [-0.2, -0.15) is 0 Å². The van der Waals surface area contributed by atoms with E-state index in [1.165, 1.54) is 5.56 Å². The molecule has 2 aromatic rings. The number of hydrogen-bond donors (Lipinski definition) is 1. The van der Waals surface area contributed by atoms with Crippen molar-refractivity contribution < 1.29 is 9.59 Å². The summed E-state index contributed by atoms with van der Waals surface area (Å²) in [5, 5.41) is 0. The van der Waals surface area contributed by atoms with Crippen LogP contribution in [-0.2, 0) is 6.54 Å². The summed E-state index contributed by atoms with van der Waals surface area (Å²) in [6.07, 6.45) is 2.07. The van der Waals surface area contributed by atoms with Crippen molar-refractivity contribution >= 4 is 11.8 Å². The largest absolute Gasteiger partial charge is 0.366 e. The zero-order valence-corrected chi connectivity index (χ0v) is 13.2. The van der Waals surface area contributed by atoms with Crippen LogP contribution in [0.3, 0.4) is 0 Å². The Bertz CT molecular complexity index is 733. The Morgan fingerprint density at radius 3 is 2.35 bits per heavy atom. The average molecular weight is 308 g/mol. The lowest BCUT2D eigenvalue weighted by molar-refractivity contribution is 0.0730. The van der Waals surface area contributed by atoms with E-state index >= 15 is 0 Å². The Morgan fingerprint density at radius 2 is 1.74 bits per heavy atom. The third-order valence-electron chi connectivity index (χ3n) is 4.12. The second-order valence-corrected chi connectivity index (χ2v) is 6.09. The minimum atomic E-state index is -0.517. The molecule has 2 aromatic carbocycles. The predicted octanol–water partition coefficient (Wildman–Crippen LogP) is 2.90. The highest BCUT2D eigenvalue weighted by atomic mass is 16.2. The molecule has 2 N–H and O–H groups in total. The SMILES string of the molecule is Cc1ccc(CN(C(=O)c2cccc(C(N)=O)c2)C2CC2)cc1. The molecule has 2 amide bonds. The fourth-order valence-corrected chi connectivity index (χ4v) is 2.61. The first-order valence-electron chi connectivity index (χ1n) is 7.81. The van der Waals surface area contributed by atoms with Crippen molar-refractivity contribution in [3.63, 3.8) is 0 Å². The highest BCUT2D eigenvalue weighted by Gasteiger charge is 2.33. The minimum Gasteiger partial charge on any atom is -0.366 e. The summed E-state index contributed by atoms with van der Waals surface area (Å²) >= 11 is 0. The van der Waals surface area contributed by atoms with Crippen LogP contribution >= 0.6 is 0 Å². The van der Waals surface area contributed by atoms with Gasteiger partial charge in [0, 0.05) is 23.7 Å². The number of nitrogens with two attached hydrogens (primary N) is 1. The van der Waals surface area contributed by atoms with Crippen LogP contribution in [0.1, 0.15) is 44.7 Å². The molecule has 1 saturated carbocycles. The van der Waals surface area contributed by atoms with Crippen LogP contribution in [0.5, 0.6) is 0 Å². The summed E-state index contributed by atoms with van der Waals surface area (Å²) in [7, 11) is 0. The second-order valence-electron chi connectivity index (χ2n) is 6.09.